The van der Waals surface area contributed by atoms with Crippen LogP contribution in [0, 0.1) is 11.3 Å². The molecule has 0 atom stereocenters. The average Bonchev–Trinajstić information content (AvgIpc) is 2.62. The molecule has 1 aliphatic carbocycles. The minimum atomic E-state index is -0.509. The zero-order valence-corrected chi connectivity index (χ0v) is 14.8. The standard InChI is InChI=1S/C12H21N3.C8H8/c1-4-11(2,3)14-15-12(10-13)8-6-5-7-9-12;1-2-8-6-4-3-5-7-8/h4-9H2,1-3H3;2-7H,1H2. The van der Waals surface area contributed by atoms with E-state index in [-0.39, 0.29) is 5.54 Å². The van der Waals surface area contributed by atoms with Gasteiger partial charge in [-0.05, 0) is 51.5 Å². The number of hydrogen-bond acceptors (Lipinski definition) is 3. The highest BCUT2D eigenvalue weighted by Gasteiger charge is 2.32. The summed E-state index contributed by atoms with van der Waals surface area (Å²) >= 11 is 0. The van der Waals surface area contributed by atoms with Gasteiger partial charge in [-0.3, -0.25) is 0 Å². The largest absolute Gasteiger partial charge is 0.196 e. The lowest BCUT2D eigenvalue weighted by Gasteiger charge is -2.26. The molecule has 0 bridgehead atoms. The van der Waals surface area contributed by atoms with Crippen molar-refractivity contribution in [3.05, 3.63) is 42.5 Å². The third kappa shape index (κ3) is 6.78. The molecule has 3 heteroatoms. The zero-order valence-electron chi connectivity index (χ0n) is 14.8. The predicted molar refractivity (Wildman–Crippen MR) is 97.2 cm³/mol. The lowest BCUT2D eigenvalue weighted by molar-refractivity contribution is 0.335. The van der Waals surface area contributed by atoms with E-state index in [9.17, 15) is 5.26 Å². The van der Waals surface area contributed by atoms with Gasteiger partial charge in [-0.2, -0.15) is 15.5 Å². The molecule has 0 aliphatic heterocycles. The first-order valence-corrected chi connectivity index (χ1v) is 8.50. The fraction of sp³-hybridized carbons (Fsp3) is 0.550. The number of azo groups is 1. The molecule has 0 N–H and O–H groups in total. The van der Waals surface area contributed by atoms with Crippen molar-refractivity contribution in [2.45, 2.75) is 70.4 Å². The molecule has 0 aromatic heterocycles. The van der Waals surface area contributed by atoms with E-state index in [2.05, 4.69) is 43.6 Å². The summed E-state index contributed by atoms with van der Waals surface area (Å²) < 4.78 is 0. The van der Waals surface area contributed by atoms with Crippen molar-refractivity contribution in [2.24, 2.45) is 10.2 Å². The summed E-state index contributed by atoms with van der Waals surface area (Å²) in [7, 11) is 0. The van der Waals surface area contributed by atoms with Gasteiger partial charge in [0.05, 0.1) is 11.6 Å². The molecule has 3 nitrogen and oxygen atoms in total. The second-order valence-corrected chi connectivity index (χ2v) is 6.68. The van der Waals surface area contributed by atoms with E-state index in [4.69, 9.17) is 0 Å². The zero-order chi connectivity index (χ0) is 17.2. The van der Waals surface area contributed by atoms with Crippen LogP contribution in [-0.4, -0.2) is 11.1 Å². The van der Waals surface area contributed by atoms with Crippen LogP contribution >= 0.6 is 0 Å². The molecule has 1 aromatic rings. The smallest absolute Gasteiger partial charge is 0.167 e. The Balaban J connectivity index is 0.000000277. The highest BCUT2D eigenvalue weighted by Crippen LogP contribution is 2.32. The van der Waals surface area contributed by atoms with Gasteiger partial charge in [-0.15, -0.1) is 0 Å². The SMILES string of the molecule is C=Cc1ccccc1.CCC(C)(C)N=NC1(C#N)CCCCC1. The van der Waals surface area contributed by atoms with Crippen LogP contribution in [0.25, 0.3) is 6.08 Å². The van der Waals surface area contributed by atoms with E-state index in [1.807, 2.05) is 36.4 Å². The van der Waals surface area contributed by atoms with Gasteiger partial charge >= 0.3 is 0 Å². The van der Waals surface area contributed by atoms with E-state index in [1.54, 1.807) is 0 Å². The Labute approximate surface area is 141 Å². The van der Waals surface area contributed by atoms with Crippen molar-refractivity contribution in [1.29, 1.82) is 5.26 Å². The summed E-state index contributed by atoms with van der Waals surface area (Å²) in [6.07, 6.45) is 8.01. The lowest BCUT2D eigenvalue weighted by Crippen LogP contribution is -2.28. The number of nitriles is 1. The highest BCUT2D eigenvalue weighted by atomic mass is 15.2. The molecule has 23 heavy (non-hydrogen) atoms. The van der Waals surface area contributed by atoms with Crippen molar-refractivity contribution < 1.29 is 0 Å². The van der Waals surface area contributed by atoms with Gasteiger partial charge in [0.25, 0.3) is 0 Å². The van der Waals surface area contributed by atoms with Gasteiger partial charge in [-0.1, -0.05) is 56.3 Å². The Hall–Kier alpha value is -1.95. The monoisotopic (exact) mass is 311 g/mol. The quantitative estimate of drug-likeness (QED) is 0.612. The van der Waals surface area contributed by atoms with Gasteiger partial charge in [0.1, 0.15) is 0 Å². The fourth-order valence-electron chi connectivity index (χ4n) is 2.26. The summed E-state index contributed by atoms with van der Waals surface area (Å²) in [4.78, 5) is 0. The van der Waals surface area contributed by atoms with Crippen LogP contribution in [0.15, 0.2) is 47.1 Å². The number of benzene rings is 1. The van der Waals surface area contributed by atoms with Gasteiger partial charge in [0.2, 0.25) is 0 Å². The maximum Gasteiger partial charge on any atom is 0.167 e. The molecule has 1 fully saturated rings. The van der Waals surface area contributed by atoms with Crippen molar-refractivity contribution in [2.75, 3.05) is 0 Å². The van der Waals surface area contributed by atoms with E-state index >= 15 is 0 Å². The van der Waals surface area contributed by atoms with Gasteiger partial charge < -0.3 is 0 Å². The molecule has 2 rings (SSSR count). The molecule has 124 valence electrons. The van der Waals surface area contributed by atoms with Gasteiger partial charge in [0.15, 0.2) is 5.54 Å². The van der Waals surface area contributed by atoms with Crippen LogP contribution in [0.3, 0.4) is 0 Å². The van der Waals surface area contributed by atoms with E-state index in [1.165, 1.54) is 12.0 Å². The predicted octanol–water partition coefficient (Wildman–Crippen LogP) is 6.18. The Morgan fingerprint density at radius 1 is 1.22 bits per heavy atom. The first kappa shape index (κ1) is 19.1. The first-order chi connectivity index (χ1) is 11.0. The molecule has 1 aromatic carbocycles. The minimum Gasteiger partial charge on any atom is -0.196 e. The third-order valence-electron chi connectivity index (χ3n) is 4.30. The van der Waals surface area contributed by atoms with Crippen molar-refractivity contribution in [3.63, 3.8) is 0 Å². The van der Waals surface area contributed by atoms with Crippen molar-refractivity contribution in [1.82, 2.24) is 0 Å². The second-order valence-electron chi connectivity index (χ2n) is 6.68. The second kappa shape index (κ2) is 9.25. The minimum absolute atomic E-state index is 0.124. The summed E-state index contributed by atoms with van der Waals surface area (Å²) in [5, 5.41) is 17.9. The molecule has 0 heterocycles. The number of hydrogen-bond donors (Lipinski definition) is 0. The summed E-state index contributed by atoms with van der Waals surface area (Å²) in [6, 6.07) is 12.4. The number of nitrogens with zero attached hydrogens (tertiary/aromatic N) is 3. The molecular weight excluding hydrogens is 282 g/mol. The Morgan fingerprint density at radius 2 is 1.83 bits per heavy atom. The molecule has 0 amide bonds. The van der Waals surface area contributed by atoms with E-state index < -0.39 is 5.54 Å². The molecule has 1 saturated carbocycles. The molecule has 0 unspecified atom stereocenters. The molecule has 0 saturated heterocycles. The maximum absolute atomic E-state index is 9.21. The van der Waals surface area contributed by atoms with Crippen LogP contribution in [0.4, 0.5) is 0 Å². The summed E-state index contributed by atoms with van der Waals surface area (Å²) in [6.45, 7) is 9.85. The molecule has 0 spiro atoms. The van der Waals surface area contributed by atoms with Gasteiger partial charge in [0, 0.05) is 0 Å². The topological polar surface area (TPSA) is 48.5 Å². The van der Waals surface area contributed by atoms with Crippen LogP contribution in [0.1, 0.15) is 64.9 Å². The first-order valence-electron chi connectivity index (χ1n) is 8.50. The van der Waals surface area contributed by atoms with Crippen LogP contribution in [0.5, 0.6) is 0 Å². The van der Waals surface area contributed by atoms with Crippen LogP contribution in [-0.2, 0) is 0 Å². The normalized spacial score (nSPS) is 17.0. The molecular formula is C20H29N3. The Bertz CT molecular complexity index is 532. The van der Waals surface area contributed by atoms with E-state index in [0.29, 0.717) is 0 Å². The van der Waals surface area contributed by atoms with Crippen LogP contribution in [0.2, 0.25) is 0 Å². The Kier molecular flexibility index (Phi) is 7.68. The third-order valence-corrected chi connectivity index (χ3v) is 4.30. The maximum atomic E-state index is 9.21. The van der Waals surface area contributed by atoms with Gasteiger partial charge in [-0.25, -0.2) is 0 Å². The fourth-order valence-corrected chi connectivity index (χ4v) is 2.26. The van der Waals surface area contributed by atoms with Crippen LogP contribution < -0.4 is 0 Å². The molecule has 0 radical (unpaired) electrons. The van der Waals surface area contributed by atoms with Crippen molar-refractivity contribution >= 4 is 6.08 Å². The average molecular weight is 311 g/mol. The Morgan fingerprint density at radius 3 is 2.26 bits per heavy atom. The lowest BCUT2D eigenvalue weighted by atomic mass is 9.84. The highest BCUT2D eigenvalue weighted by molar-refractivity contribution is 5.45. The number of rotatable bonds is 4. The molecule has 1 aliphatic rings. The van der Waals surface area contributed by atoms with Crippen molar-refractivity contribution in [3.8, 4) is 6.07 Å². The summed E-state index contributed by atoms with van der Waals surface area (Å²) in [5.74, 6) is 0. The summed E-state index contributed by atoms with van der Waals surface area (Å²) in [5.41, 5.74) is 0.541. The van der Waals surface area contributed by atoms with E-state index in [0.717, 1.165) is 32.1 Å².